The second kappa shape index (κ2) is 8.84. The Bertz CT molecular complexity index is 1160. The Hall–Kier alpha value is -3.43. The Labute approximate surface area is 185 Å². The molecule has 0 saturated carbocycles. The minimum Gasteiger partial charge on any atom is -0.487 e. The van der Waals surface area contributed by atoms with Crippen LogP contribution in [0.2, 0.25) is 0 Å². The lowest BCUT2D eigenvalue weighted by Crippen LogP contribution is -2.58. The summed E-state index contributed by atoms with van der Waals surface area (Å²) < 4.78 is 93.9. The van der Waals surface area contributed by atoms with Crippen LogP contribution in [0.1, 0.15) is 0 Å². The number of hydrogen-bond acceptors (Lipinski definition) is 3. The number of esters is 1. The zero-order valence-electron chi connectivity index (χ0n) is 17.3. The van der Waals surface area contributed by atoms with E-state index in [1.165, 1.54) is 18.2 Å². The molecule has 0 radical (unpaired) electrons. The van der Waals surface area contributed by atoms with Gasteiger partial charge in [-0.1, -0.05) is 36.9 Å². The largest absolute Gasteiger partial charge is 0.487 e. The average molecular weight is 471 g/mol. The summed E-state index contributed by atoms with van der Waals surface area (Å²) in [6.07, 6.45) is 0.443. The van der Waals surface area contributed by atoms with Crippen molar-refractivity contribution in [1.82, 2.24) is 4.57 Å². The van der Waals surface area contributed by atoms with Crippen LogP contribution >= 0.6 is 0 Å². The van der Waals surface area contributed by atoms with Crippen molar-refractivity contribution in [2.24, 2.45) is 7.05 Å². The molecule has 0 aliphatic heterocycles. The molecule has 0 aliphatic rings. The predicted molar refractivity (Wildman–Crippen MR) is 110 cm³/mol. The fourth-order valence-corrected chi connectivity index (χ4v) is 3.13. The van der Waals surface area contributed by atoms with E-state index in [4.69, 9.17) is 4.74 Å². The quantitative estimate of drug-likeness (QED) is 0.223. The molecule has 0 fully saturated rings. The highest BCUT2D eigenvalue weighted by atomic mass is 19.3. The Morgan fingerprint density at radius 2 is 1.61 bits per heavy atom. The SMILES string of the molecule is C=CC(=O)OCC(F)(F)C(F)(F)C(F)(F)COc1ccc2cc(-c3ccccc3)n(C)c2c1. The van der Waals surface area contributed by atoms with Crippen LogP contribution < -0.4 is 4.74 Å². The monoisotopic (exact) mass is 471 g/mol. The molecule has 3 aromatic rings. The van der Waals surface area contributed by atoms with E-state index in [1.54, 1.807) is 11.6 Å². The molecule has 1 aromatic heterocycles. The van der Waals surface area contributed by atoms with Crippen molar-refractivity contribution in [2.45, 2.75) is 17.8 Å². The van der Waals surface area contributed by atoms with Crippen molar-refractivity contribution in [2.75, 3.05) is 13.2 Å². The van der Waals surface area contributed by atoms with E-state index in [1.807, 2.05) is 36.4 Å². The number of carbonyl (C=O) groups is 1. The maximum Gasteiger partial charge on any atom is 0.378 e. The number of carbonyl (C=O) groups excluding carboxylic acids is 1. The number of halogens is 6. The van der Waals surface area contributed by atoms with Crippen LogP contribution in [0.5, 0.6) is 5.75 Å². The molecule has 176 valence electrons. The number of fused-ring (bicyclic) bond motifs is 1. The standard InChI is InChI=1S/C23H19F6NO3/c1-3-20(31)33-14-22(26,27)23(28,29)21(24,25)13-32-17-10-9-16-11-18(30(2)19(16)12-17)15-7-5-4-6-8-15/h3-12H,1,13-14H2,2H3. The fourth-order valence-electron chi connectivity index (χ4n) is 3.13. The molecule has 3 rings (SSSR count). The number of benzene rings is 2. The van der Waals surface area contributed by atoms with Crippen LogP contribution in [-0.4, -0.2) is 41.5 Å². The van der Waals surface area contributed by atoms with Crippen LogP contribution in [0.3, 0.4) is 0 Å². The Morgan fingerprint density at radius 3 is 2.24 bits per heavy atom. The van der Waals surface area contributed by atoms with Gasteiger partial charge in [0.1, 0.15) is 5.75 Å². The highest BCUT2D eigenvalue weighted by Gasteiger charge is 2.72. The first kappa shape index (κ1) is 24.2. The van der Waals surface area contributed by atoms with E-state index in [2.05, 4.69) is 11.3 Å². The Kier molecular flexibility index (Phi) is 6.49. The van der Waals surface area contributed by atoms with E-state index < -0.39 is 37.0 Å². The van der Waals surface area contributed by atoms with Crippen LogP contribution in [0.4, 0.5) is 26.3 Å². The van der Waals surface area contributed by atoms with Crippen LogP contribution in [-0.2, 0) is 16.6 Å². The summed E-state index contributed by atoms with van der Waals surface area (Å²) in [6.45, 7) is -1.35. The predicted octanol–water partition coefficient (Wildman–Crippen LogP) is 5.86. The third-order valence-corrected chi connectivity index (χ3v) is 4.99. The molecule has 0 spiro atoms. The average Bonchev–Trinajstić information content (AvgIpc) is 3.12. The number of hydrogen-bond donors (Lipinski definition) is 0. The number of aryl methyl sites for hydroxylation is 1. The Morgan fingerprint density at radius 1 is 0.970 bits per heavy atom. The summed E-state index contributed by atoms with van der Waals surface area (Å²) in [5.74, 6) is -18.1. The van der Waals surface area contributed by atoms with Gasteiger partial charge in [-0.05, 0) is 23.8 Å². The summed E-state index contributed by atoms with van der Waals surface area (Å²) in [7, 11) is 1.72. The lowest BCUT2D eigenvalue weighted by Gasteiger charge is -2.32. The Balaban J connectivity index is 1.79. The van der Waals surface area contributed by atoms with E-state index in [-0.39, 0.29) is 5.75 Å². The molecular weight excluding hydrogens is 452 g/mol. The molecule has 0 unspecified atom stereocenters. The van der Waals surface area contributed by atoms with Crippen molar-refractivity contribution in [3.05, 3.63) is 67.3 Å². The molecule has 0 atom stereocenters. The van der Waals surface area contributed by atoms with Gasteiger partial charge in [0, 0.05) is 30.3 Å². The number of rotatable bonds is 9. The minimum absolute atomic E-state index is 0.208. The van der Waals surface area contributed by atoms with Crippen molar-refractivity contribution >= 4 is 16.9 Å². The van der Waals surface area contributed by atoms with Gasteiger partial charge in [-0.2, -0.15) is 26.3 Å². The van der Waals surface area contributed by atoms with Crippen molar-refractivity contribution < 1.29 is 40.6 Å². The second-order valence-electron chi connectivity index (χ2n) is 7.26. The van der Waals surface area contributed by atoms with Crippen LogP contribution in [0.15, 0.2) is 67.3 Å². The highest BCUT2D eigenvalue weighted by molar-refractivity contribution is 5.88. The van der Waals surface area contributed by atoms with Crippen molar-refractivity contribution in [3.63, 3.8) is 0 Å². The first-order valence-electron chi connectivity index (χ1n) is 9.60. The van der Waals surface area contributed by atoms with Gasteiger partial charge in [0.25, 0.3) is 0 Å². The number of aromatic nitrogens is 1. The lowest BCUT2D eigenvalue weighted by molar-refractivity contribution is -0.322. The van der Waals surface area contributed by atoms with E-state index >= 15 is 0 Å². The maximum absolute atomic E-state index is 14.1. The molecule has 0 bridgehead atoms. The number of alkyl halides is 6. The third-order valence-electron chi connectivity index (χ3n) is 4.99. The molecule has 33 heavy (non-hydrogen) atoms. The zero-order valence-corrected chi connectivity index (χ0v) is 17.3. The van der Waals surface area contributed by atoms with E-state index in [0.717, 1.165) is 16.6 Å². The van der Waals surface area contributed by atoms with Gasteiger partial charge in [0.15, 0.2) is 13.2 Å². The van der Waals surface area contributed by atoms with E-state index in [0.29, 0.717) is 11.6 Å². The van der Waals surface area contributed by atoms with Gasteiger partial charge in [-0.25, -0.2) is 4.79 Å². The molecule has 0 aliphatic carbocycles. The second-order valence-corrected chi connectivity index (χ2v) is 7.26. The maximum atomic E-state index is 14.1. The molecule has 0 amide bonds. The first-order valence-corrected chi connectivity index (χ1v) is 9.60. The summed E-state index contributed by atoms with van der Waals surface area (Å²) >= 11 is 0. The summed E-state index contributed by atoms with van der Waals surface area (Å²) in [6, 6.07) is 15.3. The fraction of sp³-hybridized carbons (Fsp3) is 0.261. The van der Waals surface area contributed by atoms with Gasteiger partial charge in [0.2, 0.25) is 0 Å². The topological polar surface area (TPSA) is 40.5 Å². The van der Waals surface area contributed by atoms with Crippen LogP contribution in [0, 0.1) is 0 Å². The third kappa shape index (κ3) is 4.69. The van der Waals surface area contributed by atoms with Gasteiger partial charge in [0.05, 0.1) is 5.52 Å². The van der Waals surface area contributed by atoms with Gasteiger partial charge in [-0.3, -0.25) is 0 Å². The molecule has 4 nitrogen and oxygen atoms in total. The minimum atomic E-state index is -5.85. The summed E-state index contributed by atoms with van der Waals surface area (Å²) in [5.41, 5.74) is 2.26. The van der Waals surface area contributed by atoms with Crippen molar-refractivity contribution in [1.29, 1.82) is 0 Å². The van der Waals surface area contributed by atoms with Gasteiger partial charge in [-0.15, -0.1) is 0 Å². The lowest BCUT2D eigenvalue weighted by atomic mass is 10.1. The van der Waals surface area contributed by atoms with Crippen molar-refractivity contribution in [3.8, 4) is 17.0 Å². The number of nitrogens with zero attached hydrogens (tertiary/aromatic N) is 1. The first-order chi connectivity index (χ1) is 15.4. The highest BCUT2D eigenvalue weighted by Crippen LogP contribution is 2.46. The van der Waals surface area contributed by atoms with E-state index in [9.17, 15) is 31.1 Å². The van der Waals surface area contributed by atoms with Crippen LogP contribution in [0.25, 0.3) is 22.2 Å². The smallest absolute Gasteiger partial charge is 0.378 e. The number of ether oxygens (including phenoxy) is 2. The summed E-state index contributed by atoms with van der Waals surface area (Å²) in [5, 5.41) is 0.733. The molecular formula is C23H19F6NO3. The zero-order chi connectivity index (χ0) is 24.4. The molecule has 2 aromatic carbocycles. The van der Waals surface area contributed by atoms with Gasteiger partial charge < -0.3 is 14.0 Å². The molecule has 10 heteroatoms. The van der Waals surface area contributed by atoms with Gasteiger partial charge >= 0.3 is 23.7 Å². The molecule has 1 heterocycles. The molecule has 0 N–H and O–H groups in total. The normalized spacial score (nSPS) is 12.6. The summed E-state index contributed by atoms with van der Waals surface area (Å²) in [4.78, 5) is 10.8. The molecule has 0 saturated heterocycles.